The Morgan fingerprint density at radius 3 is 2.73 bits per heavy atom. The highest BCUT2D eigenvalue weighted by Crippen LogP contribution is 2.23. The Kier molecular flexibility index (Phi) is 2.21. The van der Waals surface area contributed by atoms with Gasteiger partial charge in [-0.25, -0.2) is 4.63 Å². The molecule has 0 atom stereocenters. The molecule has 0 saturated heterocycles. The summed E-state index contributed by atoms with van der Waals surface area (Å²) >= 11 is 0. The molecule has 0 radical (unpaired) electrons. The lowest BCUT2D eigenvalue weighted by atomic mass is 10.0. The lowest BCUT2D eigenvalue weighted by molar-refractivity contribution is 0.0991. The van der Waals surface area contributed by atoms with Crippen LogP contribution in [0.25, 0.3) is 11.3 Å². The first-order chi connectivity index (χ1) is 7.20. The molecule has 0 bridgehead atoms. The third-order valence-corrected chi connectivity index (χ3v) is 2.12. The van der Waals surface area contributed by atoms with Crippen LogP contribution >= 0.6 is 0 Å². The number of benzene rings is 1. The lowest BCUT2D eigenvalue weighted by Crippen LogP contribution is -2.12. The summed E-state index contributed by atoms with van der Waals surface area (Å²) in [6.07, 6.45) is 0. The van der Waals surface area contributed by atoms with E-state index in [1.165, 1.54) is 0 Å². The van der Waals surface area contributed by atoms with Crippen LogP contribution in [0.1, 0.15) is 16.1 Å². The number of nitrogens with zero attached hydrogens (tertiary/aromatic N) is 2. The van der Waals surface area contributed by atoms with Gasteiger partial charge in [0.1, 0.15) is 5.69 Å². The van der Waals surface area contributed by atoms with Crippen LogP contribution in [0, 0.1) is 6.92 Å². The Morgan fingerprint density at radius 2 is 2.07 bits per heavy atom. The molecule has 1 amide bonds. The van der Waals surface area contributed by atoms with Crippen molar-refractivity contribution in [3.63, 3.8) is 0 Å². The Hall–Kier alpha value is -2.17. The molecule has 0 aliphatic heterocycles. The smallest absolute Gasteiger partial charge is 0.273 e. The topological polar surface area (TPSA) is 82.0 Å². The molecule has 0 unspecified atom stereocenters. The standard InChI is InChI=1S/C10H9N3O2/c1-6-4-2-3-5-7(6)8-9(10(11)14)13-15-12-8/h2-5H,1H3,(H2,11,14). The van der Waals surface area contributed by atoms with Crippen LogP contribution < -0.4 is 5.73 Å². The fourth-order valence-corrected chi connectivity index (χ4v) is 1.37. The van der Waals surface area contributed by atoms with Gasteiger partial charge in [-0.05, 0) is 22.8 Å². The van der Waals surface area contributed by atoms with E-state index in [9.17, 15) is 4.79 Å². The molecule has 0 fully saturated rings. The molecule has 2 N–H and O–H groups in total. The molecule has 5 heteroatoms. The summed E-state index contributed by atoms with van der Waals surface area (Å²) in [5.74, 6) is -0.644. The average Bonchev–Trinajstić information content (AvgIpc) is 2.67. The van der Waals surface area contributed by atoms with Crippen molar-refractivity contribution in [2.45, 2.75) is 6.92 Å². The zero-order chi connectivity index (χ0) is 10.8. The Bertz CT molecular complexity index is 505. The molecular formula is C10H9N3O2. The number of hydrogen-bond acceptors (Lipinski definition) is 4. The van der Waals surface area contributed by atoms with Gasteiger partial charge in [-0.1, -0.05) is 24.3 Å². The van der Waals surface area contributed by atoms with Crippen molar-refractivity contribution in [1.29, 1.82) is 0 Å². The highest BCUT2D eigenvalue weighted by Gasteiger charge is 2.17. The zero-order valence-corrected chi connectivity index (χ0v) is 8.10. The number of amides is 1. The molecule has 5 nitrogen and oxygen atoms in total. The molecule has 0 saturated carbocycles. The molecule has 2 aromatic rings. The van der Waals surface area contributed by atoms with E-state index in [2.05, 4.69) is 14.9 Å². The van der Waals surface area contributed by atoms with E-state index in [1.54, 1.807) is 0 Å². The maximum absolute atomic E-state index is 11.0. The third kappa shape index (κ3) is 1.59. The number of aromatic nitrogens is 2. The van der Waals surface area contributed by atoms with Gasteiger partial charge in [0.05, 0.1) is 0 Å². The fraction of sp³-hybridized carbons (Fsp3) is 0.100. The zero-order valence-electron chi connectivity index (χ0n) is 8.10. The number of hydrogen-bond donors (Lipinski definition) is 1. The van der Waals surface area contributed by atoms with Gasteiger partial charge in [0, 0.05) is 5.56 Å². The first-order valence-electron chi connectivity index (χ1n) is 4.38. The van der Waals surface area contributed by atoms with E-state index >= 15 is 0 Å². The van der Waals surface area contributed by atoms with Gasteiger partial charge >= 0.3 is 0 Å². The normalized spacial score (nSPS) is 10.2. The Balaban J connectivity index is 2.59. The predicted molar refractivity (Wildman–Crippen MR) is 53.0 cm³/mol. The number of aryl methyl sites for hydroxylation is 1. The maximum Gasteiger partial charge on any atom is 0.273 e. The summed E-state index contributed by atoms with van der Waals surface area (Å²) in [4.78, 5) is 11.0. The predicted octanol–water partition coefficient (Wildman–Crippen LogP) is 1.14. The van der Waals surface area contributed by atoms with Crippen LogP contribution in [0.5, 0.6) is 0 Å². The number of rotatable bonds is 2. The first kappa shape index (κ1) is 9.39. The number of nitrogens with two attached hydrogens (primary N) is 1. The number of carbonyl (C=O) groups is 1. The van der Waals surface area contributed by atoms with Crippen molar-refractivity contribution in [2.24, 2.45) is 5.73 Å². The van der Waals surface area contributed by atoms with Crippen molar-refractivity contribution >= 4 is 5.91 Å². The first-order valence-corrected chi connectivity index (χ1v) is 4.38. The van der Waals surface area contributed by atoms with Gasteiger partial charge in [0.2, 0.25) is 0 Å². The molecule has 1 aromatic carbocycles. The van der Waals surface area contributed by atoms with Crippen LogP contribution in [-0.2, 0) is 0 Å². The number of carbonyl (C=O) groups excluding carboxylic acids is 1. The monoisotopic (exact) mass is 203 g/mol. The van der Waals surface area contributed by atoms with Gasteiger partial charge in [-0.2, -0.15) is 0 Å². The van der Waals surface area contributed by atoms with Gasteiger partial charge in [0.25, 0.3) is 5.91 Å². The van der Waals surface area contributed by atoms with Gasteiger partial charge in [-0.3, -0.25) is 4.79 Å². The Morgan fingerprint density at radius 1 is 1.33 bits per heavy atom. The molecule has 1 aromatic heterocycles. The van der Waals surface area contributed by atoms with Crippen LogP contribution in [0.3, 0.4) is 0 Å². The minimum absolute atomic E-state index is 0.0595. The van der Waals surface area contributed by atoms with Crippen LogP contribution in [0.4, 0.5) is 0 Å². The molecule has 0 aliphatic rings. The van der Waals surface area contributed by atoms with Crippen molar-refractivity contribution in [3.8, 4) is 11.3 Å². The van der Waals surface area contributed by atoms with Crippen molar-refractivity contribution < 1.29 is 9.42 Å². The molecule has 76 valence electrons. The third-order valence-electron chi connectivity index (χ3n) is 2.12. The van der Waals surface area contributed by atoms with Crippen LogP contribution in [0.15, 0.2) is 28.9 Å². The van der Waals surface area contributed by atoms with Crippen molar-refractivity contribution in [1.82, 2.24) is 10.3 Å². The van der Waals surface area contributed by atoms with Crippen molar-refractivity contribution in [2.75, 3.05) is 0 Å². The molecule has 0 spiro atoms. The minimum Gasteiger partial charge on any atom is -0.364 e. The highest BCUT2D eigenvalue weighted by atomic mass is 16.6. The van der Waals surface area contributed by atoms with Crippen molar-refractivity contribution in [3.05, 3.63) is 35.5 Å². The van der Waals surface area contributed by atoms with Gasteiger partial charge in [0.15, 0.2) is 5.69 Å². The SMILES string of the molecule is Cc1ccccc1-c1nonc1C(N)=O. The van der Waals surface area contributed by atoms with Gasteiger partial charge in [-0.15, -0.1) is 0 Å². The molecule has 15 heavy (non-hydrogen) atoms. The van der Waals surface area contributed by atoms with Crippen LogP contribution in [-0.4, -0.2) is 16.2 Å². The maximum atomic E-state index is 11.0. The molecule has 2 rings (SSSR count). The number of primary amides is 1. The second kappa shape index (κ2) is 3.53. The summed E-state index contributed by atoms with van der Waals surface area (Å²) in [5.41, 5.74) is 7.37. The van der Waals surface area contributed by atoms with E-state index < -0.39 is 5.91 Å². The lowest BCUT2D eigenvalue weighted by Gasteiger charge is -2.00. The fourth-order valence-electron chi connectivity index (χ4n) is 1.37. The van der Waals surface area contributed by atoms with E-state index in [0.717, 1.165) is 11.1 Å². The quantitative estimate of drug-likeness (QED) is 0.793. The average molecular weight is 203 g/mol. The summed E-state index contributed by atoms with van der Waals surface area (Å²) in [5, 5.41) is 7.15. The highest BCUT2D eigenvalue weighted by molar-refractivity contribution is 5.96. The van der Waals surface area contributed by atoms with E-state index in [1.807, 2.05) is 31.2 Å². The molecule has 0 aliphatic carbocycles. The summed E-state index contributed by atoms with van der Waals surface area (Å²) in [6, 6.07) is 7.49. The minimum atomic E-state index is -0.644. The molecule has 1 heterocycles. The van der Waals surface area contributed by atoms with E-state index in [0.29, 0.717) is 5.69 Å². The second-order valence-electron chi connectivity index (χ2n) is 3.14. The summed E-state index contributed by atoms with van der Waals surface area (Å²) in [6.45, 7) is 1.91. The van der Waals surface area contributed by atoms with E-state index in [4.69, 9.17) is 5.73 Å². The Labute approximate surface area is 85.9 Å². The summed E-state index contributed by atoms with van der Waals surface area (Å²) < 4.78 is 4.52. The second-order valence-corrected chi connectivity index (χ2v) is 3.14. The largest absolute Gasteiger partial charge is 0.364 e. The van der Waals surface area contributed by atoms with E-state index in [-0.39, 0.29) is 5.69 Å². The summed E-state index contributed by atoms with van der Waals surface area (Å²) in [7, 11) is 0. The van der Waals surface area contributed by atoms with Gasteiger partial charge < -0.3 is 5.73 Å². The molecular weight excluding hydrogens is 194 g/mol. The van der Waals surface area contributed by atoms with Crippen LogP contribution in [0.2, 0.25) is 0 Å².